The Morgan fingerprint density at radius 2 is 1.50 bits per heavy atom. The van der Waals surface area contributed by atoms with Crippen molar-refractivity contribution < 1.29 is 9.15 Å². The molecule has 0 fully saturated rings. The maximum Gasteiger partial charge on any atom is 0.249 e. The molecule has 0 unspecified atom stereocenters. The number of benzene rings is 3. The number of fused-ring (bicyclic) bond motifs is 4. The quantitative estimate of drug-likeness (QED) is 0.330. The second-order valence-corrected chi connectivity index (χ2v) is 6.89. The monoisotopic (exact) mass is 341 g/mol. The van der Waals surface area contributed by atoms with Gasteiger partial charge in [0.2, 0.25) is 5.88 Å². The van der Waals surface area contributed by atoms with Gasteiger partial charge in [-0.2, -0.15) is 0 Å². The molecule has 0 spiro atoms. The highest BCUT2D eigenvalue weighted by Crippen LogP contribution is 2.55. The molecule has 0 bridgehead atoms. The van der Waals surface area contributed by atoms with Gasteiger partial charge in [0, 0.05) is 0 Å². The van der Waals surface area contributed by atoms with E-state index in [0.29, 0.717) is 0 Å². The summed E-state index contributed by atoms with van der Waals surface area (Å²) in [5, 5.41) is 0.990. The van der Waals surface area contributed by atoms with Gasteiger partial charge in [-0.1, -0.05) is 42.0 Å². The second-order valence-electron chi connectivity index (χ2n) is 6.89. The molecule has 26 heavy (non-hydrogen) atoms. The van der Waals surface area contributed by atoms with Gasteiger partial charge >= 0.3 is 0 Å². The molecule has 128 valence electrons. The lowest BCUT2D eigenvalue weighted by Gasteiger charge is -2.31. The van der Waals surface area contributed by atoms with Gasteiger partial charge in [-0.25, -0.2) is 0 Å². The second kappa shape index (κ2) is 5.40. The number of nitrogens with zero attached hydrogens (tertiary/aromatic N) is 1. The minimum atomic E-state index is 0.736. The fraction of sp³-hybridized carbons (Fsp3) is 0.130. The maximum atomic E-state index is 6.26. The van der Waals surface area contributed by atoms with Gasteiger partial charge in [0.15, 0.2) is 11.5 Å². The summed E-state index contributed by atoms with van der Waals surface area (Å²) in [7, 11) is 0. The predicted molar refractivity (Wildman–Crippen MR) is 105 cm³/mol. The van der Waals surface area contributed by atoms with Crippen LogP contribution in [0.2, 0.25) is 0 Å². The lowest BCUT2D eigenvalue weighted by atomic mass is 10.0. The van der Waals surface area contributed by atoms with Gasteiger partial charge in [0.1, 0.15) is 5.58 Å². The number of hydrogen-bond acceptors (Lipinski definition) is 3. The van der Waals surface area contributed by atoms with Crippen molar-refractivity contribution in [2.45, 2.75) is 20.8 Å². The van der Waals surface area contributed by atoms with Gasteiger partial charge in [-0.3, -0.25) is 4.90 Å². The van der Waals surface area contributed by atoms with Crippen LogP contribution in [0.4, 0.5) is 17.3 Å². The minimum Gasteiger partial charge on any atom is -0.449 e. The van der Waals surface area contributed by atoms with Crippen LogP contribution >= 0.6 is 0 Å². The Balaban J connectivity index is 1.86. The SMILES string of the molecule is Cc1cc(C)c(N2c3ccccc3Oc3c2oc2ccccc32)c(C)c1. The first-order valence-corrected chi connectivity index (χ1v) is 8.80. The van der Waals surface area contributed by atoms with Gasteiger partial charge in [-0.15, -0.1) is 0 Å². The van der Waals surface area contributed by atoms with Crippen LogP contribution in [0.15, 0.2) is 65.1 Å². The van der Waals surface area contributed by atoms with Crippen LogP contribution in [-0.4, -0.2) is 0 Å². The van der Waals surface area contributed by atoms with E-state index < -0.39 is 0 Å². The number of aryl methyl sites for hydroxylation is 3. The molecule has 0 amide bonds. The normalized spacial score (nSPS) is 12.7. The highest BCUT2D eigenvalue weighted by molar-refractivity contribution is 5.97. The van der Waals surface area contributed by atoms with Crippen molar-refractivity contribution in [2.75, 3.05) is 4.90 Å². The Kier molecular flexibility index (Phi) is 3.13. The van der Waals surface area contributed by atoms with Crippen LogP contribution in [0.25, 0.3) is 11.0 Å². The molecule has 1 aliphatic heterocycles. The van der Waals surface area contributed by atoms with Crippen molar-refractivity contribution in [3.63, 3.8) is 0 Å². The molecule has 0 saturated heterocycles. The largest absolute Gasteiger partial charge is 0.449 e. The lowest BCUT2D eigenvalue weighted by molar-refractivity contribution is 0.464. The molecule has 3 aromatic carbocycles. The summed E-state index contributed by atoms with van der Waals surface area (Å²) >= 11 is 0. The first kappa shape index (κ1) is 15.1. The summed E-state index contributed by atoms with van der Waals surface area (Å²) < 4.78 is 12.5. The summed E-state index contributed by atoms with van der Waals surface area (Å²) in [6, 6.07) is 20.5. The molecule has 4 aromatic rings. The summed E-state index contributed by atoms with van der Waals surface area (Å²) in [5.74, 6) is 2.35. The number of anilines is 3. The third kappa shape index (κ3) is 2.07. The molecule has 3 heteroatoms. The van der Waals surface area contributed by atoms with Gasteiger partial charge in [0.25, 0.3) is 0 Å². The van der Waals surface area contributed by atoms with Gasteiger partial charge in [-0.05, 0) is 56.2 Å². The number of para-hydroxylation sites is 3. The van der Waals surface area contributed by atoms with E-state index in [4.69, 9.17) is 9.15 Å². The summed E-state index contributed by atoms with van der Waals surface area (Å²) in [6.07, 6.45) is 0. The summed E-state index contributed by atoms with van der Waals surface area (Å²) in [6.45, 7) is 6.43. The predicted octanol–water partition coefficient (Wildman–Crippen LogP) is 6.93. The number of rotatable bonds is 1. The first-order chi connectivity index (χ1) is 12.6. The van der Waals surface area contributed by atoms with Crippen molar-refractivity contribution in [1.29, 1.82) is 0 Å². The van der Waals surface area contributed by atoms with Crippen LogP contribution in [0.5, 0.6) is 11.5 Å². The Bertz CT molecular complexity index is 1130. The van der Waals surface area contributed by atoms with Crippen LogP contribution in [0, 0.1) is 20.8 Å². The van der Waals surface area contributed by atoms with E-state index in [0.717, 1.165) is 39.7 Å². The van der Waals surface area contributed by atoms with E-state index in [-0.39, 0.29) is 0 Å². The molecule has 1 aromatic heterocycles. The lowest BCUT2D eigenvalue weighted by Crippen LogP contribution is -2.16. The third-order valence-corrected chi connectivity index (χ3v) is 4.91. The molecule has 3 nitrogen and oxygen atoms in total. The maximum absolute atomic E-state index is 6.26. The smallest absolute Gasteiger partial charge is 0.249 e. The zero-order valence-electron chi connectivity index (χ0n) is 15.0. The molecular weight excluding hydrogens is 322 g/mol. The van der Waals surface area contributed by atoms with E-state index in [1.165, 1.54) is 16.7 Å². The van der Waals surface area contributed by atoms with E-state index in [1.807, 2.05) is 42.5 Å². The Morgan fingerprint density at radius 1 is 0.808 bits per heavy atom. The summed E-state index contributed by atoms with van der Waals surface area (Å²) in [5.41, 5.74) is 6.66. The first-order valence-electron chi connectivity index (χ1n) is 8.80. The Labute approximate surface area is 152 Å². The summed E-state index contributed by atoms with van der Waals surface area (Å²) in [4.78, 5) is 2.19. The van der Waals surface area contributed by atoms with E-state index in [2.05, 4.69) is 43.9 Å². The van der Waals surface area contributed by atoms with E-state index in [1.54, 1.807) is 0 Å². The van der Waals surface area contributed by atoms with Crippen LogP contribution in [0.3, 0.4) is 0 Å². The highest BCUT2D eigenvalue weighted by atomic mass is 16.5. The highest BCUT2D eigenvalue weighted by Gasteiger charge is 2.32. The standard InChI is InChI=1S/C23H19NO2/c1-14-12-15(2)21(16(3)13-14)24-18-9-5-7-11-20(18)25-22-17-8-4-6-10-19(17)26-23(22)24/h4-13H,1-3H3. The van der Waals surface area contributed by atoms with Crippen molar-refractivity contribution in [3.05, 3.63) is 77.4 Å². The fourth-order valence-corrected chi connectivity index (χ4v) is 3.95. The van der Waals surface area contributed by atoms with Crippen molar-refractivity contribution in [3.8, 4) is 11.5 Å². The molecular formula is C23H19NO2. The molecule has 0 aliphatic carbocycles. The van der Waals surface area contributed by atoms with Gasteiger partial charge < -0.3 is 9.15 Å². The Morgan fingerprint density at radius 3 is 2.31 bits per heavy atom. The average Bonchev–Trinajstić information content (AvgIpc) is 2.99. The van der Waals surface area contributed by atoms with Gasteiger partial charge in [0.05, 0.1) is 16.8 Å². The molecule has 0 N–H and O–H groups in total. The molecule has 0 saturated carbocycles. The molecule has 5 rings (SSSR count). The van der Waals surface area contributed by atoms with Crippen molar-refractivity contribution >= 4 is 28.2 Å². The molecule has 0 atom stereocenters. The van der Waals surface area contributed by atoms with E-state index in [9.17, 15) is 0 Å². The molecule has 1 aliphatic rings. The average molecular weight is 341 g/mol. The zero-order valence-corrected chi connectivity index (χ0v) is 15.0. The van der Waals surface area contributed by atoms with Crippen molar-refractivity contribution in [2.24, 2.45) is 0 Å². The molecule has 0 radical (unpaired) electrons. The topological polar surface area (TPSA) is 25.6 Å². The Hall–Kier alpha value is -3.20. The van der Waals surface area contributed by atoms with Crippen molar-refractivity contribution in [1.82, 2.24) is 0 Å². The number of hydrogen-bond donors (Lipinski definition) is 0. The fourth-order valence-electron chi connectivity index (χ4n) is 3.95. The number of ether oxygens (including phenoxy) is 1. The zero-order chi connectivity index (χ0) is 17.8. The van der Waals surface area contributed by atoms with Crippen LogP contribution < -0.4 is 9.64 Å². The van der Waals surface area contributed by atoms with E-state index >= 15 is 0 Å². The third-order valence-electron chi connectivity index (χ3n) is 4.91. The van der Waals surface area contributed by atoms with Crippen LogP contribution in [0.1, 0.15) is 16.7 Å². The number of furan rings is 1. The molecule has 2 heterocycles. The van der Waals surface area contributed by atoms with Crippen LogP contribution in [-0.2, 0) is 0 Å². The minimum absolute atomic E-state index is 0.736.